The lowest BCUT2D eigenvalue weighted by Crippen LogP contribution is -2.37. The molecule has 0 aromatic carbocycles. The largest absolute Gasteiger partial charge is 0.321 e. The highest BCUT2D eigenvalue weighted by Crippen LogP contribution is 2.29. The number of nitrogens with zero attached hydrogens (tertiary/aromatic N) is 3. The molecule has 1 N–H and O–H groups in total. The molecule has 1 aliphatic carbocycles. The molecule has 1 fully saturated rings. The lowest BCUT2D eigenvalue weighted by molar-refractivity contribution is 0.227. The number of nitrogens with one attached hydrogen (secondary N) is 1. The summed E-state index contributed by atoms with van der Waals surface area (Å²) in [4.78, 5) is 0. The Balaban J connectivity index is 1.71. The van der Waals surface area contributed by atoms with Crippen molar-refractivity contribution in [2.75, 3.05) is 6.54 Å². The summed E-state index contributed by atoms with van der Waals surface area (Å²) in [6.45, 7) is 5.76. The molecule has 0 bridgehead atoms. The summed E-state index contributed by atoms with van der Waals surface area (Å²) in [6, 6.07) is 0.703. The maximum Gasteiger partial charge on any atom is 0.133 e. The molecule has 1 heterocycles. The van der Waals surface area contributed by atoms with Crippen LogP contribution in [-0.2, 0) is 13.5 Å². The minimum absolute atomic E-state index is 0.703. The van der Waals surface area contributed by atoms with Crippen molar-refractivity contribution in [1.29, 1.82) is 0 Å². The van der Waals surface area contributed by atoms with E-state index in [9.17, 15) is 0 Å². The number of aryl methyl sites for hydroxylation is 1. The van der Waals surface area contributed by atoms with Crippen LogP contribution in [0, 0.1) is 11.8 Å². The van der Waals surface area contributed by atoms with Gasteiger partial charge in [-0.25, -0.2) is 0 Å². The quantitative estimate of drug-likeness (QED) is 0.866. The maximum atomic E-state index is 4.10. The topological polar surface area (TPSA) is 42.7 Å². The lowest BCUT2D eigenvalue weighted by atomic mass is 9.79. The summed E-state index contributed by atoms with van der Waals surface area (Å²) < 4.78 is 1.99. The van der Waals surface area contributed by atoms with Crippen molar-refractivity contribution >= 4 is 0 Å². The second-order valence-electron chi connectivity index (χ2n) is 5.53. The van der Waals surface area contributed by atoms with Crippen LogP contribution in [0.2, 0.25) is 0 Å². The van der Waals surface area contributed by atoms with E-state index in [2.05, 4.69) is 29.4 Å². The Morgan fingerprint density at radius 3 is 2.82 bits per heavy atom. The molecule has 1 aromatic rings. The van der Waals surface area contributed by atoms with Gasteiger partial charge < -0.3 is 9.88 Å². The van der Waals surface area contributed by atoms with Gasteiger partial charge in [-0.15, -0.1) is 10.2 Å². The standard InChI is InChI=1S/C13H24N4/c1-10-4-5-12(8-11(10)2)14-7-6-13-16-15-9-17(13)3/h9-12,14H,4-8H2,1-3H3. The van der Waals surface area contributed by atoms with Crippen LogP contribution in [0.3, 0.4) is 0 Å². The number of aromatic nitrogens is 3. The molecule has 96 valence electrons. The van der Waals surface area contributed by atoms with Crippen LogP contribution >= 0.6 is 0 Å². The van der Waals surface area contributed by atoms with Crippen molar-refractivity contribution in [2.24, 2.45) is 18.9 Å². The van der Waals surface area contributed by atoms with Gasteiger partial charge in [-0.3, -0.25) is 0 Å². The third kappa shape index (κ3) is 3.28. The van der Waals surface area contributed by atoms with Crippen LogP contribution < -0.4 is 5.32 Å². The van der Waals surface area contributed by atoms with E-state index in [1.54, 1.807) is 6.33 Å². The van der Waals surface area contributed by atoms with E-state index in [4.69, 9.17) is 0 Å². The minimum atomic E-state index is 0.703. The predicted octanol–water partition coefficient (Wildman–Crippen LogP) is 1.77. The Morgan fingerprint density at radius 1 is 1.35 bits per heavy atom. The molecule has 0 aliphatic heterocycles. The average Bonchev–Trinajstić information content (AvgIpc) is 2.70. The van der Waals surface area contributed by atoms with Crippen molar-refractivity contribution in [3.8, 4) is 0 Å². The van der Waals surface area contributed by atoms with Crippen molar-refractivity contribution < 1.29 is 0 Å². The first-order valence-electron chi connectivity index (χ1n) is 6.73. The van der Waals surface area contributed by atoms with Gasteiger partial charge in [0.1, 0.15) is 12.2 Å². The Hall–Kier alpha value is -0.900. The molecule has 4 heteroatoms. The Morgan fingerprint density at radius 2 is 2.18 bits per heavy atom. The summed E-state index contributed by atoms with van der Waals surface area (Å²) in [5.41, 5.74) is 0. The van der Waals surface area contributed by atoms with Gasteiger partial charge in [0, 0.05) is 26.1 Å². The normalized spacial score (nSPS) is 29.5. The molecule has 1 aliphatic rings. The first-order chi connectivity index (χ1) is 8.16. The summed E-state index contributed by atoms with van der Waals surface area (Å²) in [5.74, 6) is 2.82. The van der Waals surface area contributed by atoms with Crippen LogP contribution in [0.15, 0.2) is 6.33 Å². The summed E-state index contributed by atoms with van der Waals surface area (Å²) in [5, 5.41) is 11.6. The Labute approximate surface area is 104 Å². The molecule has 3 atom stereocenters. The molecule has 0 amide bonds. The van der Waals surface area contributed by atoms with Crippen molar-refractivity contribution in [3.63, 3.8) is 0 Å². The first kappa shape index (κ1) is 12.6. The fraction of sp³-hybridized carbons (Fsp3) is 0.846. The summed E-state index contributed by atoms with van der Waals surface area (Å²) >= 11 is 0. The highest BCUT2D eigenvalue weighted by molar-refractivity contribution is 4.86. The summed E-state index contributed by atoms with van der Waals surface area (Å²) in [7, 11) is 2.00. The summed E-state index contributed by atoms with van der Waals surface area (Å²) in [6.07, 6.45) is 6.74. The van der Waals surface area contributed by atoms with E-state index < -0.39 is 0 Å². The SMILES string of the molecule is CC1CCC(NCCc2nncn2C)CC1C. The smallest absolute Gasteiger partial charge is 0.133 e. The van der Waals surface area contributed by atoms with Crippen LogP contribution in [0.1, 0.15) is 38.9 Å². The van der Waals surface area contributed by atoms with E-state index in [0.29, 0.717) is 6.04 Å². The van der Waals surface area contributed by atoms with Gasteiger partial charge in [-0.05, 0) is 31.1 Å². The van der Waals surface area contributed by atoms with Crippen molar-refractivity contribution in [3.05, 3.63) is 12.2 Å². The fourth-order valence-electron chi connectivity index (χ4n) is 2.65. The third-order valence-corrected chi connectivity index (χ3v) is 4.18. The molecule has 4 nitrogen and oxygen atoms in total. The van der Waals surface area contributed by atoms with E-state index in [1.165, 1.54) is 19.3 Å². The molecule has 1 saturated carbocycles. The van der Waals surface area contributed by atoms with Gasteiger partial charge in [-0.2, -0.15) is 0 Å². The van der Waals surface area contributed by atoms with Crippen LogP contribution in [-0.4, -0.2) is 27.4 Å². The monoisotopic (exact) mass is 236 g/mol. The van der Waals surface area contributed by atoms with Gasteiger partial charge in [0.15, 0.2) is 0 Å². The van der Waals surface area contributed by atoms with Crippen molar-refractivity contribution in [1.82, 2.24) is 20.1 Å². The number of rotatable bonds is 4. The van der Waals surface area contributed by atoms with E-state index in [0.717, 1.165) is 30.6 Å². The zero-order chi connectivity index (χ0) is 12.3. The molecular weight excluding hydrogens is 212 g/mol. The fourth-order valence-corrected chi connectivity index (χ4v) is 2.65. The van der Waals surface area contributed by atoms with E-state index in [-0.39, 0.29) is 0 Å². The molecule has 17 heavy (non-hydrogen) atoms. The zero-order valence-corrected chi connectivity index (χ0v) is 11.2. The van der Waals surface area contributed by atoms with Crippen LogP contribution in [0.4, 0.5) is 0 Å². The predicted molar refractivity (Wildman–Crippen MR) is 68.7 cm³/mol. The number of hydrogen-bond acceptors (Lipinski definition) is 3. The van der Waals surface area contributed by atoms with Crippen LogP contribution in [0.25, 0.3) is 0 Å². The molecule has 1 aromatic heterocycles. The van der Waals surface area contributed by atoms with Crippen LogP contribution in [0.5, 0.6) is 0 Å². The number of hydrogen-bond donors (Lipinski definition) is 1. The minimum Gasteiger partial charge on any atom is -0.321 e. The van der Waals surface area contributed by atoms with Gasteiger partial charge >= 0.3 is 0 Å². The molecular formula is C13H24N4. The zero-order valence-electron chi connectivity index (χ0n) is 11.2. The van der Waals surface area contributed by atoms with Gasteiger partial charge in [-0.1, -0.05) is 13.8 Å². The molecule has 0 saturated heterocycles. The van der Waals surface area contributed by atoms with Gasteiger partial charge in [0.05, 0.1) is 0 Å². The second kappa shape index (κ2) is 5.63. The first-order valence-corrected chi connectivity index (χ1v) is 6.73. The third-order valence-electron chi connectivity index (χ3n) is 4.18. The highest BCUT2D eigenvalue weighted by Gasteiger charge is 2.23. The highest BCUT2D eigenvalue weighted by atomic mass is 15.2. The van der Waals surface area contributed by atoms with Crippen molar-refractivity contribution in [2.45, 2.75) is 45.6 Å². The molecule has 2 rings (SSSR count). The van der Waals surface area contributed by atoms with Gasteiger partial charge in [0.25, 0.3) is 0 Å². The Bertz CT molecular complexity index is 347. The van der Waals surface area contributed by atoms with E-state index >= 15 is 0 Å². The molecule has 3 unspecified atom stereocenters. The molecule has 0 radical (unpaired) electrons. The van der Waals surface area contributed by atoms with Gasteiger partial charge in [0.2, 0.25) is 0 Å². The van der Waals surface area contributed by atoms with E-state index in [1.807, 2.05) is 11.6 Å². The Kier molecular flexibility index (Phi) is 4.15. The average molecular weight is 236 g/mol. The second-order valence-corrected chi connectivity index (χ2v) is 5.53. The maximum absolute atomic E-state index is 4.10. The molecule has 0 spiro atoms. The lowest BCUT2D eigenvalue weighted by Gasteiger charge is -2.32.